The number of methoxy groups -OCH3 is 1. The van der Waals surface area contributed by atoms with Crippen LogP contribution in [0.15, 0.2) is 24.3 Å². The SMILES string of the molecule is CCCC(C)C(Nc1ccccc1C)C(=O)OC. The van der Waals surface area contributed by atoms with Crippen LogP contribution in [0.3, 0.4) is 0 Å². The molecule has 1 aromatic rings. The number of benzene rings is 1. The van der Waals surface area contributed by atoms with E-state index in [1.165, 1.54) is 7.11 Å². The van der Waals surface area contributed by atoms with Crippen molar-refractivity contribution in [2.75, 3.05) is 12.4 Å². The minimum absolute atomic E-state index is 0.195. The van der Waals surface area contributed by atoms with Gasteiger partial charge in [-0.1, -0.05) is 38.5 Å². The number of nitrogens with one attached hydrogen (secondary N) is 1. The summed E-state index contributed by atoms with van der Waals surface area (Å²) < 4.78 is 4.89. The van der Waals surface area contributed by atoms with Gasteiger partial charge in [-0.05, 0) is 30.9 Å². The molecule has 0 aromatic heterocycles. The maximum absolute atomic E-state index is 11.9. The third-order valence-corrected chi connectivity index (χ3v) is 3.22. The number of hydrogen-bond donors (Lipinski definition) is 1. The topological polar surface area (TPSA) is 38.3 Å². The van der Waals surface area contributed by atoms with Crippen molar-refractivity contribution in [1.82, 2.24) is 0 Å². The maximum atomic E-state index is 11.9. The first-order chi connectivity index (χ1) is 8.60. The van der Waals surface area contributed by atoms with E-state index in [0.717, 1.165) is 24.1 Å². The highest BCUT2D eigenvalue weighted by Gasteiger charge is 2.25. The molecule has 0 heterocycles. The fourth-order valence-corrected chi connectivity index (χ4v) is 2.08. The number of carbonyl (C=O) groups is 1. The zero-order chi connectivity index (χ0) is 13.5. The van der Waals surface area contributed by atoms with Crippen LogP contribution in [0.2, 0.25) is 0 Å². The zero-order valence-corrected chi connectivity index (χ0v) is 11.7. The summed E-state index contributed by atoms with van der Waals surface area (Å²) in [5, 5.41) is 3.31. The van der Waals surface area contributed by atoms with Crippen molar-refractivity contribution in [1.29, 1.82) is 0 Å². The van der Waals surface area contributed by atoms with Gasteiger partial charge in [0.1, 0.15) is 6.04 Å². The predicted octanol–water partition coefficient (Wildman–Crippen LogP) is 3.38. The summed E-state index contributed by atoms with van der Waals surface area (Å²) in [7, 11) is 1.44. The lowest BCUT2D eigenvalue weighted by atomic mass is 9.96. The molecule has 1 aromatic carbocycles. The van der Waals surface area contributed by atoms with Gasteiger partial charge in [0.05, 0.1) is 7.11 Å². The van der Waals surface area contributed by atoms with Gasteiger partial charge in [0, 0.05) is 5.69 Å². The molecule has 0 saturated carbocycles. The van der Waals surface area contributed by atoms with Crippen LogP contribution in [0.1, 0.15) is 32.3 Å². The van der Waals surface area contributed by atoms with E-state index in [1.54, 1.807) is 0 Å². The van der Waals surface area contributed by atoms with E-state index in [0.29, 0.717) is 0 Å². The zero-order valence-electron chi connectivity index (χ0n) is 11.7. The average Bonchev–Trinajstić information content (AvgIpc) is 2.37. The van der Waals surface area contributed by atoms with Crippen molar-refractivity contribution in [2.45, 2.75) is 39.7 Å². The Bertz CT molecular complexity index is 390. The Labute approximate surface area is 110 Å². The third kappa shape index (κ3) is 3.76. The van der Waals surface area contributed by atoms with Crippen molar-refractivity contribution in [3.8, 4) is 0 Å². The molecule has 0 amide bonds. The van der Waals surface area contributed by atoms with Crippen LogP contribution in [0, 0.1) is 12.8 Å². The van der Waals surface area contributed by atoms with Gasteiger partial charge in [0.15, 0.2) is 0 Å². The van der Waals surface area contributed by atoms with E-state index in [2.05, 4.69) is 19.2 Å². The van der Waals surface area contributed by atoms with Crippen LogP contribution in [0.4, 0.5) is 5.69 Å². The normalized spacial score (nSPS) is 13.8. The highest BCUT2D eigenvalue weighted by Crippen LogP contribution is 2.20. The molecule has 3 nitrogen and oxygen atoms in total. The number of anilines is 1. The Hall–Kier alpha value is -1.51. The van der Waals surface area contributed by atoms with Gasteiger partial charge in [-0.15, -0.1) is 0 Å². The van der Waals surface area contributed by atoms with Crippen LogP contribution in [0.5, 0.6) is 0 Å². The lowest BCUT2D eigenvalue weighted by molar-refractivity contribution is -0.142. The first-order valence-corrected chi connectivity index (χ1v) is 6.50. The van der Waals surface area contributed by atoms with Crippen LogP contribution in [-0.4, -0.2) is 19.1 Å². The number of hydrogen-bond acceptors (Lipinski definition) is 3. The molecule has 0 radical (unpaired) electrons. The monoisotopic (exact) mass is 249 g/mol. The molecule has 0 aliphatic rings. The van der Waals surface area contributed by atoms with E-state index in [1.807, 2.05) is 31.2 Å². The van der Waals surface area contributed by atoms with Crippen LogP contribution < -0.4 is 5.32 Å². The molecule has 2 atom stereocenters. The molecule has 1 N–H and O–H groups in total. The minimum Gasteiger partial charge on any atom is -0.467 e. The molecule has 0 spiro atoms. The first-order valence-electron chi connectivity index (χ1n) is 6.50. The van der Waals surface area contributed by atoms with Crippen molar-refractivity contribution < 1.29 is 9.53 Å². The van der Waals surface area contributed by atoms with Crippen molar-refractivity contribution in [2.24, 2.45) is 5.92 Å². The van der Waals surface area contributed by atoms with E-state index in [4.69, 9.17) is 4.74 Å². The summed E-state index contributed by atoms with van der Waals surface area (Å²) in [5.74, 6) is 0.0567. The van der Waals surface area contributed by atoms with Gasteiger partial charge in [0.2, 0.25) is 0 Å². The fraction of sp³-hybridized carbons (Fsp3) is 0.533. The Morgan fingerprint density at radius 2 is 2.06 bits per heavy atom. The van der Waals surface area contributed by atoms with Gasteiger partial charge in [-0.25, -0.2) is 4.79 Å². The van der Waals surface area contributed by atoms with Gasteiger partial charge in [-0.3, -0.25) is 0 Å². The third-order valence-electron chi connectivity index (χ3n) is 3.22. The largest absolute Gasteiger partial charge is 0.467 e. The minimum atomic E-state index is -0.281. The number of ether oxygens (including phenoxy) is 1. The molecule has 0 fully saturated rings. The van der Waals surface area contributed by atoms with Crippen molar-refractivity contribution in [3.05, 3.63) is 29.8 Å². The van der Waals surface area contributed by atoms with E-state index >= 15 is 0 Å². The van der Waals surface area contributed by atoms with E-state index < -0.39 is 0 Å². The molecule has 18 heavy (non-hydrogen) atoms. The molecule has 0 saturated heterocycles. The standard InChI is InChI=1S/C15H23NO2/c1-5-8-12(3)14(15(17)18-4)16-13-10-7-6-9-11(13)2/h6-7,9-10,12,14,16H,5,8H2,1-4H3. The summed E-state index contributed by atoms with van der Waals surface area (Å²) in [4.78, 5) is 11.9. The second kappa shape index (κ2) is 7.04. The van der Waals surface area contributed by atoms with Crippen LogP contribution in [-0.2, 0) is 9.53 Å². The Morgan fingerprint density at radius 1 is 1.39 bits per heavy atom. The molecular weight excluding hydrogens is 226 g/mol. The number of aryl methyl sites for hydroxylation is 1. The van der Waals surface area contributed by atoms with Crippen LogP contribution in [0.25, 0.3) is 0 Å². The summed E-state index contributed by atoms with van der Waals surface area (Å²) in [6.45, 7) is 6.23. The van der Waals surface area contributed by atoms with Crippen molar-refractivity contribution >= 4 is 11.7 Å². The second-order valence-corrected chi connectivity index (χ2v) is 4.73. The van der Waals surface area contributed by atoms with Crippen molar-refractivity contribution in [3.63, 3.8) is 0 Å². The summed E-state index contributed by atoms with van der Waals surface area (Å²) >= 11 is 0. The number of esters is 1. The summed E-state index contributed by atoms with van der Waals surface area (Å²) in [6, 6.07) is 7.69. The molecule has 2 unspecified atom stereocenters. The highest BCUT2D eigenvalue weighted by molar-refractivity contribution is 5.79. The molecule has 1 rings (SSSR count). The molecule has 0 aliphatic heterocycles. The summed E-state index contributed by atoms with van der Waals surface area (Å²) in [6.07, 6.45) is 2.06. The molecule has 0 aliphatic carbocycles. The smallest absolute Gasteiger partial charge is 0.328 e. The highest BCUT2D eigenvalue weighted by atomic mass is 16.5. The average molecular weight is 249 g/mol. The molecular formula is C15H23NO2. The Morgan fingerprint density at radius 3 is 2.61 bits per heavy atom. The predicted molar refractivity (Wildman–Crippen MR) is 74.7 cm³/mol. The number of rotatable bonds is 6. The van der Waals surface area contributed by atoms with Gasteiger partial charge in [-0.2, -0.15) is 0 Å². The first kappa shape index (κ1) is 14.6. The molecule has 100 valence electrons. The lowest BCUT2D eigenvalue weighted by Gasteiger charge is -2.24. The van der Waals surface area contributed by atoms with Gasteiger partial charge in [0.25, 0.3) is 0 Å². The fourth-order valence-electron chi connectivity index (χ4n) is 2.08. The quantitative estimate of drug-likeness (QED) is 0.785. The summed E-state index contributed by atoms with van der Waals surface area (Å²) in [5.41, 5.74) is 2.13. The second-order valence-electron chi connectivity index (χ2n) is 4.73. The van der Waals surface area contributed by atoms with Gasteiger partial charge < -0.3 is 10.1 Å². The Balaban J connectivity index is 2.85. The lowest BCUT2D eigenvalue weighted by Crippen LogP contribution is -2.36. The van der Waals surface area contributed by atoms with E-state index in [9.17, 15) is 4.79 Å². The number of carbonyl (C=O) groups excluding carboxylic acids is 1. The number of para-hydroxylation sites is 1. The maximum Gasteiger partial charge on any atom is 0.328 e. The van der Waals surface area contributed by atoms with Gasteiger partial charge >= 0.3 is 5.97 Å². The molecule has 3 heteroatoms. The molecule has 0 bridgehead atoms. The van der Waals surface area contributed by atoms with E-state index in [-0.39, 0.29) is 17.9 Å². The van der Waals surface area contributed by atoms with Crippen LogP contribution >= 0.6 is 0 Å². The Kier molecular flexibility index (Phi) is 5.69.